The number of carbonyl (C=O) groups is 1. The molecule has 1 fully saturated rings. The van der Waals surface area contributed by atoms with E-state index in [4.69, 9.17) is 0 Å². The van der Waals surface area contributed by atoms with Crippen LogP contribution in [0.3, 0.4) is 0 Å². The summed E-state index contributed by atoms with van der Waals surface area (Å²) < 4.78 is 12.9. The monoisotopic (exact) mass is 240 g/mol. The van der Waals surface area contributed by atoms with Crippen LogP contribution in [0, 0.1) is 5.82 Å². The molecule has 1 unspecified atom stereocenters. The fourth-order valence-electron chi connectivity index (χ4n) is 1.62. The van der Waals surface area contributed by atoms with Crippen LogP contribution in [-0.2, 0) is 0 Å². The summed E-state index contributed by atoms with van der Waals surface area (Å²) >= 11 is 1.74. The molecule has 1 heterocycles. The summed E-state index contributed by atoms with van der Waals surface area (Å²) in [5.41, 5.74) is 0.495. The molecule has 0 radical (unpaired) electrons. The van der Waals surface area contributed by atoms with Crippen LogP contribution in [0.4, 0.5) is 14.9 Å². The van der Waals surface area contributed by atoms with Crippen molar-refractivity contribution in [2.24, 2.45) is 0 Å². The van der Waals surface area contributed by atoms with Crippen LogP contribution in [0.1, 0.15) is 6.92 Å². The second-order valence-electron chi connectivity index (χ2n) is 3.60. The zero-order valence-corrected chi connectivity index (χ0v) is 9.76. The number of anilines is 1. The molecule has 1 aliphatic rings. The van der Waals surface area contributed by atoms with Crippen LogP contribution in [0.5, 0.6) is 0 Å². The van der Waals surface area contributed by atoms with E-state index in [1.807, 2.05) is 6.92 Å². The standard InChI is InChI=1S/C11H13FN2OS/c1-8-14(5-6-16-8)11(15)13-10-4-2-3-9(12)7-10/h2-4,7-8H,5-6H2,1H3,(H,13,15). The first kappa shape index (κ1) is 11.3. The largest absolute Gasteiger partial charge is 0.322 e. The Morgan fingerprint density at radius 3 is 3.06 bits per heavy atom. The van der Waals surface area contributed by atoms with Gasteiger partial charge in [0.2, 0.25) is 0 Å². The minimum Gasteiger partial charge on any atom is -0.312 e. The average Bonchev–Trinajstić information content (AvgIpc) is 2.64. The maximum atomic E-state index is 12.9. The number of carbonyl (C=O) groups excluding carboxylic acids is 1. The number of thioether (sulfide) groups is 1. The highest BCUT2D eigenvalue weighted by Crippen LogP contribution is 2.23. The normalized spacial score (nSPS) is 19.9. The zero-order chi connectivity index (χ0) is 11.5. The number of rotatable bonds is 1. The Morgan fingerprint density at radius 1 is 1.62 bits per heavy atom. The van der Waals surface area contributed by atoms with Crippen LogP contribution in [0.15, 0.2) is 24.3 Å². The fraction of sp³-hybridized carbons (Fsp3) is 0.364. The Kier molecular flexibility index (Phi) is 3.33. The van der Waals surface area contributed by atoms with E-state index < -0.39 is 0 Å². The number of hydrogen-bond acceptors (Lipinski definition) is 2. The third-order valence-electron chi connectivity index (χ3n) is 2.47. The third-order valence-corrected chi connectivity index (χ3v) is 3.62. The van der Waals surface area contributed by atoms with Gasteiger partial charge < -0.3 is 10.2 Å². The molecule has 0 saturated carbocycles. The quantitative estimate of drug-likeness (QED) is 0.818. The van der Waals surface area contributed by atoms with Gasteiger partial charge in [0, 0.05) is 18.0 Å². The maximum Gasteiger partial charge on any atom is 0.322 e. The van der Waals surface area contributed by atoms with Gasteiger partial charge in [0.1, 0.15) is 5.82 Å². The number of nitrogens with zero attached hydrogens (tertiary/aromatic N) is 1. The number of urea groups is 1. The Hall–Kier alpha value is -1.23. The van der Waals surface area contributed by atoms with Crippen molar-refractivity contribution in [1.29, 1.82) is 0 Å². The van der Waals surface area contributed by atoms with Gasteiger partial charge in [0.05, 0.1) is 5.37 Å². The molecule has 86 valence electrons. The van der Waals surface area contributed by atoms with Gasteiger partial charge in [-0.15, -0.1) is 11.8 Å². The second-order valence-corrected chi connectivity index (χ2v) is 5.03. The summed E-state index contributed by atoms with van der Waals surface area (Å²) in [5, 5.41) is 2.88. The van der Waals surface area contributed by atoms with Crippen molar-refractivity contribution < 1.29 is 9.18 Å². The number of halogens is 1. The number of hydrogen-bond donors (Lipinski definition) is 1. The molecule has 3 nitrogen and oxygen atoms in total. The van der Waals surface area contributed by atoms with Crippen molar-refractivity contribution >= 4 is 23.5 Å². The summed E-state index contributed by atoms with van der Waals surface area (Å²) in [6.45, 7) is 2.73. The summed E-state index contributed by atoms with van der Waals surface area (Å²) in [4.78, 5) is 13.6. The van der Waals surface area contributed by atoms with Crippen molar-refractivity contribution in [2.45, 2.75) is 12.3 Å². The second kappa shape index (κ2) is 4.74. The molecule has 0 spiro atoms. The Labute approximate surface area is 98.0 Å². The molecule has 1 N–H and O–H groups in total. The van der Waals surface area contributed by atoms with E-state index in [9.17, 15) is 9.18 Å². The van der Waals surface area contributed by atoms with E-state index >= 15 is 0 Å². The molecule has 0 bridgehead atoms. The Morgan fingerprint density at radius 2 is 2.44 bits per heavy atom. The molecular weight excluding hydrogens is 227 g/mol. The Bertz CT molecular complexity index is 399. The van der Waals surface area contributed by atoms with Gasteiger partial charge in [-0.25, -0.2) is 9.18 Å². The smallest absolute Gasteiger partial charge is 0.312 e. The van der Waals surface area contributed by atoms with Gasteiger partial charge in [-0.1, -0.05) is 6.07 Å². The van der Waals surface area contributed by atoms with Crippen LogP contribution in [0.2, 0.25) is 0 Å². The minimum absolute atomic E-state index is 0.164. The van der Waals surface area contributed by atoms with Gasteiger partial charge in [0.25, 0.3) is 0 Å². The molecule has 2 amide bonds. The van der Waals surface area contributed by atoms with Crippen molar-refractivity contribution in [3.8, 4) is 0 Å². The first-order chi connectivity index (χ1) is 7.66. The van der Waals surface area contributed by atoms with Gasteiger partial charge in [-0.2, -0.15) is 0 Å². The summed E-state index contributed by atoms with van der Waals surface area (Å²) in [6, 6.07) is 5.75. The van der Waals surface area contributed by atoms with Gasteiger partial charge >= 0.3 is 6.03 Å². The van der Waals surface area contributed by atoms with Crippen LogP contribution >= 0.6 is 11.8 Å². The molecule has 0 aromatic heterocycles. The first-order valence-corrected chi connectivity index (χ1v) is 6.16. The first-order valence-electron chi connectivity index (χ1n) is 5.11. The average molecular weight is 240 g/mol. The highest BCUT2D eigenvalue weighted by Gasteiger charge is 2.25. The van der Waals surface area contributed by atoms with E-state index in [0.717, 1.165) is 12.3 Å². The minimum atomic E-state index is -0.346. The molecule has 16 heavy (non-hydrogen) atoms. The Balaban J connectivity index is 2.02. The van der Waals surface area contributed by atoms with Crippen molar-refractivity contribution in [1.82, 2.24) is 4.90 Å². The molecule has 2 rings (SSSR count). The van der Waals surface area contributed by atoms with Crippen LogP contribution in [-0.4, -0.2) is 28.6 Å². The molecule has 1 aliphatic heterocycles. The lowest BCUT2D eigenvalue weighted by atomic mass is 10.3. The van der Waals surface area contributed by atoms with Crippen molar-refractivity contribution in [2.75, 3.05) is 17.6 Å². The van der Waals surface area contributed by atoms with Gasteiger partial charge in [-0.05, 0) is 25.1 Å². The highest BCUT2D eigenvalue weighted by molar-refractivity contribution is 8.00. The van der Waals surface area contributed by atoms with E-state index in [-0.39, 0.29) is 17.2 Å². The highest BCUT2D eigenvalue weighted by atomic mass is 32.2. The number of amides is 2. The van der Waals surface area contributed by atoms with Gasteiger partial charge in [0.15, 0.2) is 0 Å². The molecular formula is C11H13FN2OS. The molecule has 1 saturated heterocycles. The zero-order valence-electron chi connectivity index (χ0n) is 8.94. The molecule has 0 aliphatic carbocycles. The van der Waals surface area contributed by atoms with E-state index in [2.05, 4.69) is 5.32 Å². The summed E-state index contributed by atoms with van der Waals surface area (Å²) in [7, 11) is 0. The lowest BCUT2D eigenvalue weighted by Crippen LogP contribution is -2.36. The van der Waals surface area contributed by atoms with E-state index in [0.29, 0.717) is 5.69 Å². The number of nitrogens with one attached hydrogen (secondary N) is 1. The summed E-state index contributed by atoms with van der Waals surface area (Å²) in [6.07, 6.45) is 0. The SMILES string of the molecule is CC1SCCN1C(=O)Nc1cccc(F)c1. The van der Waals surface area contributed by atoms with Crippen LogP contribution in [0.25, 0.3) is 0 Å². The lowest BCUT2D eigenvalue weighted by molar-refractivity contribution is 0.216. The third kappa shape index (κ3) is 2.47. The maximum absolute atomic E-state index is 12.9. The molecule has 1 aromatic rings. The molecule has 1 aromatic carbocycles. The van der Waals surface area contributed by atoms with Crippen molar-refractivity contribution in [3.63, 3.8) is 0 Å². The summed E-state index contributed by atoms with van der Waals surface area (Å²) in [5.74, 6) is 0.610. The lowest BCUT2D eigenvalue weighted by Gasteiger charge is -2.20. The van der Waals surface area contributed by atoms with Crippen molar-refractivity contribution in [3.05, 3.63) is 30.1 Å². The number of benzene rings is 1. The predicted molar refractivity (Wildman–Crippen MR) is 64.0 cm³/mol. The van der Waals surface area contributed by atoms with E-state index in [1.165, 1.54) is 12.1 Å². The van der Waals surface area contributed by atoms with E-state index in [1.54, 1.807) is 28.8 Å². The fourth-order valence-corrected chi connectivity index (χ4v) is 2.65. The predicted octanol–water partition coefficient (Wildman–Crippen LogP) is 2.75. The van der Waals surface area contributed by atoms with Crippen LogP contribution < -0.4 is 5.32 Å². The van der Waals surface area contributed by atoms with Gasteiger partial charge in [-0.3, -0.25) is 0 Å². The topological polar surface area (TPSA) is 32.3 Å². The molecule has 5 heteroatoms. The molecule has 1 atom stereocenters.